The van der Waals surface area contributed by atoms with Crippen LogP contribution in [0.15, 0.2) is 42.5 Å². The second kappa shape index (κ2) is 8.26. The Kier molecular flexibility index (Phi) is 6.43. The van der Waals surface area contributed by atoms with Crippen LogP contribution in [-0.2, 0) is 39.1 Å². The normalized spacial score (nSPS) is 13.3. The molecule has 0 atom stereocenters. The predicted molar refractivity (Wildman–Crippen MR) is 112 cm³/mol. The summed E-state index contributed by atoms with van der Waals surface area (Å²) in [4.78, 5) is 0. The second-order valence-corrected chi connectivity index (χ2v) is 11.9. The van der Waals surface area contributed by atoms with Crippen LogP contribution in [0.25, 0.3) is 21.9 Å². The van der Waals surface area contributed by atoms with E-state index < -0.39 is 20.8 Å². The van der Waals surface area contributed by atoms with Crippen molar-refractivity contribution < 1.29 is 20.8 Å². The summed E-state index contributed by atoms with van der Waals surface area (Å²) in [6.45, 7) is 9.04. The van der Waals surface area contributed by atoms with E-state index in [1.165, 1.54) is 52.3 Å². The Morgan fingerprint density at radius 2 is 1.65 bits per heavy atom. The molecule has 0 unspecified atom stereocenters. The Morgan fingerprint density at radius 3 is 2.27 bits per heavy atom. The zero-order valence-corrected chi connectivity index (χ0v) is 19.9. The van der Waals surface area contributed by atoms with E-state index in [-0.39, 0.29) is 5.41 Å². The summed E-state index contributed by atoms with van der Waals surface area (Å²) in [5, 5.41) is 2.85. The molecule has 0 spiro atoms. The maximum atomic E-state index is 4.93. The van der Waals surface area contributed by atoms with Gasteiger partial charge in [0, 0.05) is 0 Å². The van der Waals surface area contributed by atoms with Crippen molar-refractivity contribution in [1.82, 2.24) is 0 Å². The van der Waals surface area contributed by atoms with E-state index in [1.807, 2.05) is 0 Å². The van der Waals surface area contributed by atoms with Crippen molar-refractivity contribution in [2.24, 2.45) is 0 Å². The standard InChI is InChI=1S/C23H25.2ClH.Zr/c1-15-12-18-14-17-6-5-7-20(17)22(21(18)13-15)16-8-10-19(11-9-16)23(2,3)4;;;/h8-14H,5-7H2,1-4H3;2*1H;/q-1;;;+2/p-2. The molecule has 0 bridgehead atoms. The minimum absolute atomic E-state index is 0.212. The quantitative estimate of drug-likeness (QED) is 0.325. The zero-order chi connectivity index (χ0) is 18.9. The molecule has 1 aliphatic carbocycles. The van der Waals surface area contributed by atoms with Gasteiger partial charge >= 0.3 is 37.9 Å². The summed E-state index contributed by atoms with van der Waals surface area (Å²) in [6.07, 6.45) is 3.77. The van der Waals surface area contributed by atoms with Crippen molar-refractivity contribution in [1.29, 1.82) is 0 Å². The van der Waals surface area contributed by atoms with Crippen molar-refractivity contribution in [2.75, 3.05) is 0 Å². The summed E-state index contributed by atoms with van der Waals surface area (Å²) in [7, 11) is 9.87. The third-order valence-corrected chi connectivity index (χ3v) is 5.27. The van der Waals surface area contributed by atoms with E-state index in [2.05, 4.69) is 70.2 Å². The summed E-state index contributed by atoms with van der Waals surface area (Å²) in [5.74, 6) is 0. The number of fused-ring (bicyclic) bond motifs is 2. The van der Waals surface area contributed by atoms with Gasteiger partial charge in [0.15, 0.2) is 0 Å². The molecule has 0 saturated heterocycles. The van der Waals surface area contributed by atoms with Crippen molar-refractivity contribution in [3.05, 3.63) is 64.7 Å². The van der Waals surface area contributed by atoms with Crippen molar-refractivity contribution in [3.8, 4) is 11.1 Å². The Labute approximate surface area is 175 Å². The Hall–Kier alpha value is -0.487. The summed E-state index contributed by atoms with van der Waals surface area (Å²) in [5.41, 5.74) is 9.02. The molecular weight excluding hydrogens is 438 g/mol. The molecule has 0 nitrogen and oxygen atoms in total. The number of halogens is 2. The second-order valence-electron chi connectivity index (χ2n) is 8.18. The van der Waals surface area contributed by atoms with Gasteiger partial charge < -0.3 is 0 Å². The van der Waals surface area contributed by atoms with Crippen LogP contribution in [0.4, 0.5) is 0 Å². The molecule has 0 radical (unpaired) electrons. The molecule has 0 aromatic heterocycles. The number of hydrogen-bond donors (Lipinski definition) is 0. The summed E-state index contributed by atoms with van der Waals surface area (Å²) in [6, 6.07) is 16.4. The van der Waals surface area contributed by atoms with Crippen LogP contribution in [-0.4, -0.2) is 0 Å². The van der Waals surface area contributed by atoms with E-state index in [1.54, 1.807) is 11.1 Å². The molecule has 4 rings (SSSR count). The van der Waals surface area contributed by atoms with Crippen molar-refractivity contribution in [3.63, 3.8) is 0 Å². The molecular formula is C23H25Cl2Zr-. The first-order valence-electron chi connectivity index (χ1n) is 9.14. The van der Waals surface area contributed by atoms with Gasteiger partial charge in [-0.2, -0.15) is 6.07 Å². The van der Waals surface area contributed by atoms with Gasteiger partial charge in [-0.1, -0.05) is 68.7 Å². The molecule has 136 valence electrons. The number of benzene rings is 2. The van der Waals surface area contributed by atoms with Crippen LogP contribution in [0.5, 0.6) is 0 Å². The predicted octanol–water partition coefficient (Wildman–Crippen LogP) is 7.70. The number of rotatable bonds is 1. The van der Waals surface area contributed by atoms with Gasteiger partial charge in [-0.15, -0.1) is 28.5 Å². The Balaban J connectivity index is 0.000000613. The van der Waals surface area contributed by atoms with Gasteiger partial charge in [0.1, 0.15) is 0 Å². The average molecular weight is 464 g/mol. The molecule has 3 aromatic rings. The first-order valence-corrected chi connectivity index (χ1v) is 15.5. The van der Waals surface area contributed by atoms with E-state index >= 15 is 0 Å². The van der Waals surface area contributed by atoms with Crippen LogP contribution >= 0.6 is 17.0 Å². The maximum absolute atomic E-state index is 4.93. The van der Waals surface area contributed by atoms with Crippen molar-refractivity contribution >= 4 is 27.8 Å². The Morgan fingerprint density at radius 1 is 1.00 bits per heavy atom. The molecule has 1 aliphatic rings. The average Bonchev–Trinajstić information content (AvgIpc) is 3.17. The fourth-order valence-corrected chi connectivity index (χ4v) is 4.04. The van der Waals surface area contributed by atoms with Gasteiger partial charge in [0.25, 0.3) is 0 Å². The van der Waals surface area contributed by atoms with E-state index in [4.69, 9.17) is 17.0 Å². The molecule has 0 amide bonds. The van der Waals surface area contributed by atoms with Crippen LogP contribution in [0.2, 0.25) is 0 Å². The fourth-order valence-electron chi connectivity index (χ4n) is 4.04. The Bertz CT molecular complexity index is 899. The fraction of sp³-hybridized carbons (Fsp3) is 0.348. The first-order chi connectivity index (χ1) is 12.3. The minimum atomic E-state index is -0.826. The zero-order valence-electron chi connectivity index (χ0n) is 15.9. The molecule has 0 heterocycles. The molecule has 0 aliphatic heterocycles. The van der Waals surface area contributed by atoms with Crippen LogP contribution in [0.3, 0.4) is 0 Å². The van der Waals surface area contributed by atoms with E-state index in [9.17, 15) is 0 Å². The molecule has 3 heteroatoms. The van der Waals surface area contributed by atoms with Gasteiger partial charge in [-0.05, 0) is 35.8 Å². The van der Waals surface area contributed by atoms with E-state index in [0.717, 1.165) is 0 Å². The van der Waals surface area contributed by atoms with Crippen molar-refractivity contribution in [2.45, 2.75) is 52.4 Å². The molecule has 0 saturated carbocycles. The first kappa shape index (κ1) is 20.3. The van der Waals surface area contributed by atoms with Gasteiger partial charge in [0.05, 0.1) is 0 Å². The van der Waals surface area contributed by atoms with Gasteiger partial charge in [0.2, 0.25) is 0 Å². The summed E-state index contributed by atoms with van der Waals surface area (Å²) >= 11 is -0.826. The monoisotopic (exact) mass is 461 g/mol. The third kappa shape index (κ3) is 4.16. The molecule has 0 fully saturated rings. The van der Waals surface area contributed by atoms with Crippen LogP contribution < -0.4 is 0 Å². The molecule has 3 aromatic carbocycles. The van der Waals surface area contributed by atoms with E-state index in [0.29, 0.717) is 0 Å². The van der Waals surface area contributed by atoms with Crippen LogP contribution in [0, 0.1) is 6.92 Å². The van der Waals surface area contributed by atoms with Gasteiger partial charge in [-0.25, -0.2) is 0 Å². The van der Waals surface area contributed by atoms with Crippen LogP contribution in [0.1, 0.15) is 49.4 Å². The molecule has 0 N–H and O–H groups in total. The summed E-state index contributed by atoms with van der Waals surface area (Å²) < 4.78 is 0. The topological polar surface area (TPSA) is 0 Å². The van der Waals surface area contributed by atoms with Gasteiger partial charge in [-0.3, -0.25) is 0 Å². The third-order valence-electron chi connectivity index (χ3n) is 5.27. The SMILES string of the molecule is Cc1cc2c(-c3ccc(C(C)(C)C)cc3)c3c(cc2[cH-]1)CCC3.[Cl][Zr][Cl]. The number of hydrogen-bond acceptors (Lipinski definition) is 0. The molecule has 26 heavy (non-hydrogen) atoms. The number of aryl methyl sites for hydroxylation is 2.